The number of aliphatic imine (C=N–C) groups is 1. The number of thioether (sulfide) groups is 1. The molecule has 0 bridgehead atoms. The van der Waals surface area contributed by atoms with Crippen LogP contribution in [-0.4, -0.2) is 41.3 Å². The van der Waals surface area contributed by atoms with Crippen LogP contribution in [0.25, 0.3) is 0 Å². The van der Waals surface area contributed by atoms with Crippen molar-refractivity contribution in [2.45, 2.75) is 18.9 Å². The molecule has 0 aromatic heterocycles. The molecule has 0 aromatic carbocycles. The number of carbonyl (C=O) groups is 1. The zero-order chi connectivity index (χ0) is 11.7. The topological polar surface area (TPSA) is 102 Å². The third-order valence-electron chi connectivity index (χ3n) is 1.59. The van der Waals surface area contributed by atoms with E-state index < -0.39 is 18.7 Å². The van der Waals surface area contributed by atoms with Gasteiger partial charge in [0, 0.05) is 12.3 Å². The molecule has 88 valence electrons. The number of hydrogen-bond acceptors (Lipinski definition) is 4. The standard InChI is InChI=1S/C8H16FN3O2S/c9-3-5-15-8(11)12-4-1-2-6(10)7(13)14/h6H,1-5,10H2,(H2,11,12)(H,13,14)/t6-/m0/s1. The van der Waals surface area contributed by atoms with E-state index in [9.17, 15) is 9.18 Å². The van der Waals surface area contributed by atoms with Crippen LogP contribution in [0.3, 0.4) is 0 Å². The van der Waals surface area contributed by atoms with Gasteiger partial charge in [0.25, 0.3) is 0 Å². The highest BCUT2D eigenvalue weighted by Gasteiger charge is 2.09. The highest BCUT2D eigenvalue weighted by molar-refractivity contribution is 8.13. The van der Waals surface area contributed by atoms with Crippen molar-refractivity contribution in [1.82, 2.24) is 0 Å². The molecule has 0 spiro atoms. The summed E-state index contributed by atoms with van der Waals surface area (Å²) in [4.78, 5) is 14.3. The van der Waals surface area contributed by atoms with E-state index in [-0.39, 0.29) is 0 Å². The Kier molecular flexibility index (Phi) is 8.02. The second-order valence-electron chi connectivity index (χ2n) is 2.84. The predicted molar refractivity (Wildman–Crippen MR) is 59.8 cm³/mol. The number of nitrogens with two attached hydrogens (primary N) is 2. The lowest BCUT2D eigenvalue weighted by molar-refractivity contribution is -0.138. The van der Waals surface area contributed by atoms with Gasteiger partial charge in [-0.05, 0) is 12.8 Å². The molecule has 0 aliphatic rings. The van der Waals surface area contributed by atoms with Crippen molar-refractivity contribution in [3.05, 3.63) is 0 Å². The molecule has 0 amide bonds. The normalized spacial score (nSPS) is 13.9. The van der Waals surface area contributed by atoms with Gasteiger partial charge in [0.1, 0.15) is 6.04 Å². The molecule has 0 unspecified atom stereocenters. The first-order chi connectivity index (χ1) is 7.07. The summed E-state index contributed by atoms with van der Waals surface area (Å²) in [5.41, 5.74) is 10.7. The number of aliphatic carboxylic acids is 1. The maximum absolute atomic E-state index is 11.7. The van der Waals surface area contributed by atoms with Gasteiger partial charge in [-0.3, -0.25) is 14.2 Å². The summed E-state index contributed by atoms with van der Waals surface area (Å²) in [7, 11) is 0. The fourth-order valence-corrected chi connectivity index (χ4v) is 1.28. The minimum Gasteiger partial charge on any atom is -0.480 e. The quantitative estimate of drug-likeness (QED) is 0.333. The monoisotopic (exact) mass is 237 g/mol. The van der Waals surface area contributed by atoms with Gasteiger partial charge in [0.05, 0.1) is 6.67 Å². The molecule has 0 aliphatic carbocycles. The fourth-order valence-electron chi connectivity index (χ4n) is 0.813. The molecule has 0 aromatic rings. The average Bonchev–Trinajstić information content (AvgIpc) is 2.20. The van der Waals surface area contributed by atoms with Crippen LogP contribution in [0.4, 0.5) is 4.39 Å². The molecule has 0 saturated carbocycles. The van der Waals surface area contributed by atoms with Crippen LogP contribution in [-0.2, 0) is 4.79 Å². The summed E-state index contributed by atoms with van der Waals surface area (Å²) in [5.74, 6) is -0.719. The molecule has 0 aliphatic heterocycles. The first kappa shape index (κ1) is 14.2. The van der Waals surface area contributed by atoms with Crippen molar-refractivity contribution in [3.63, 3.8) is 0 Å². The van der Waals surface area contributed by atoms with Crippen LogP contribution in [0, 0.1) is 0 Å². The van der Waals surface area contributed by atoms with E-state index in [1.807, 2.05) is 0 Å². The Morgan fingerprint density at radius 1 is 1.60 bits per heavy atom. The molecule has 1 atom stereocenters. The summed E-state index contributed by atoms with van der Waals surface area (Å²) in [6.45, 7) is -0.0170. The van der Waals surface area contributed by atoms with E-state index in [0.29, 0.717) is 30.3 Å². The van der Waals surface area contributed by atoms with Crippen molar-refractivity contribution < 1.29 is 14.3 Å². The lowest BCUT2D eigenvalue weighted by atomic mass is 10.2. The van der Waals surface area contributed by atoms with Crippen LogP contribution >= 0.6 is 11.8 Å². The van der Waals surface area contributed by atoms with Crippen molar-refractivity contribution in [3.8, 4) is 0 Å². The Balaban J connectivity index is 3.55. The third kappa shape index (κ3) is 8.19. The van der Waals surface area contributed by atoms with Crippen LogP contribution in [0.5, 0.6) is 0 Å². The van der Waals surface area contributed by atoms with Gasteiger partial charge in [-0.2, -0.15) is 0 Å². The second kappa shape index (κ2) is 8.49. The number of carboxylic acids is 1. The fraction of sp³-hybridized carbons (Fsp3) is 0.750. The van der Waals surface area contributed by atoms with Crippen LogP contribution in [0.2, 0.25) is 0 Å². The average molecular weight is 237 g/mol. The highest BCUT2D eigenvalue weighted by atomic mass is 32.2. The maximum Gasteiger partial charge on any atom is 0.320 e. The van der Waals surface area contributed by atoms with E-state index in [1.165, 1.54) is 0 Å². The Morgan fingerprint density at radius 3 is 2.80 bits per heavy atom. The second-order valence-corrected chi connectivity index (χ2v) is 3.96. The maximum atomic E-state index is 11.7. The van der Waals surface area contributed by atoms with E-state index in [2.05, 4.69) is 4.99 Å². The van der Waals surface area contributed by atoms with Crippen LogP contribution < -0.4 is 11.5 Å². The molecule has 0 saturated heterocycles. The van der Waals surface area contributed by atoms with Gasteiger partial charge in [0.15, 0.2) is 5.17 Å². The number of hydrogen-bond donors (Lipinski definition) is 3. The zero-order valence-electron chi connectivity index (χ0n) is 8.36. The molecule has 0 radical (unpaired) electrons. The van der Waals surface area contributed by atoms with Gasteiger partial charge in [-0.1, -0.05) is 11.8 Å². The van der Waals surface area contributed by atoms with Crippen molar-refractivity contribution in [2.24, 2.45) is 16.5 Å². The van der Waals surface area contributed by atoms with E-state index in [0.717, 1.165) is 11.8 Å². The Labute approximate surface area is 92.1 Å². The summed E-state index contributed by atoms with van der Waals surface area (Å²) >= 11 is 1.15. The van der Waals surface area contributed by atoms with Gasteiger partial charge in [-0.25, -0.2) is 0 Å². The summed E-state index contributed by atoms with van der Waals surface area (Å²) in [5, 5.41) is 8.81. The highest BCUT2D eigenvalue weighted by Crippen LogP contribution is 2.01. The minimum absolute atomic E-state index is 0.296. The Bertz CT molecular complexity index is 226. The molecule has 15 heavy (non-hydrogen) atoms. The van der Waals surface area contributed by atoms with E-state index in [4.69, 9.17) is 16.6 Å². The van der Waals surface area contributed by atoms with Crippen LogP contribution in [0.1, 0.15) is 12.8 Å². The molecule has 0 heterocycles. The molecule has 7 heteroatoms. The Morgan fingerprint density at radius 2 is 2.27 bits per heavy atom. The van der Waals surface area contributed by atoms with Gasteiger partial charge >= 0.3 is 5.97 Å². The number of carboxylic acid groups (broad SMARTS) is 1. The van der Waals surface area contributed by atoms with Crippen molar-refractivity contribution in [1.29, 1.82) is 0 Å². The van der Waals surface area contributed by atoms with Crippen molar-refractivity contribution >= 4 is 22.9 Å². The third-order valence-corrected chi connectivity index (χ3v) is 2.37. The SMILES string of the molecule is NC(=NCCC[C@H](N)C(=O)O)SCCF. The smallest absolute Gasteiger partial charge is 0.320 e. The lowest BCUT2D eigenvalue weighted by Gasteiger charge is -2.04. The van der Waals surface area contributed by atoms with E-state index >= 15 is 0 Å². The molecule has 5 N–H and O–H groups in total. The summed E-state index contributed by atoms with van der Waals surface area (Å²) in [6.07, 6.45) is 0.921. The zero-order valence-corrected chi connectivity index (χ0v) is 9.17. The van der Waals surface area contributed by atoms with E-state index in [1.54, 1.807) is 0 Å². The molecular formula is C8H16FN3O2S. The number of rotatable bonds is 7. The van der Waals surface area contributed by atoms with Gasteiger partial charge in [0.2, 0.25) is 0 Å². The Hall–Kier alpha value is -0.820. The van der Waals surface area contributed by atoms with Crippen molar-refractivity contribution in [2.75, 3.05) is 19.0 Å². The van der Waals surface area contributed by atoms with Gasteiger partial charge in [-0.15, -0.1) is 0 Å². The lowest BCUT2D eigenvalue weighted by Crippen LogP contribution is -2.30. The number of alkyl halides is 1. The molecular weight excluding hydrogens is 221 g/mol. The summed E-state index contributed by atoms with van der Waals surface area (Å²) in [6, 6.07) is -0.847. The molecule has 5 nitrogen and oxygen atoms in total. The molecule has 0 rings (SSSR count). The van der Waals surface area contributed by atoms with Gasteiger partial charge < -0.3 is 16.6 Å². The number of nitrogens with zero attached hydrogens (tertiary/aromatic N) is 1. The summed E-state index contributed by atoms with van der Waals surface area (Å²) < 4.78 is 11.7. The number of halogens is 1. The van der Waals surface area contributed by atoms with Crippen LogP contribution in [0.15, 0.2) is 4.99 Å². The first-order valence-electron chi connectivity index (χ1n) is 4.55. The first-order valence-corrected chi connectivity index (χ1v) is 5.53. The molecule has 0 fully saturated rings. The number of amidine groups is 1. The largest absolute Gasteiger partial charge is 0.480 e. The minimum atomic E-state index is -1.02. The predicted octanol–water partition coefficient (Wildman–Crippen LogP) is 0.196.